The third kappa shape index (κ3) is 4.30. The molecule has 1 aromatic heterocycles. The SMILES string of the molecule is COC(=O)c1ccc(-n2nc(C(C)(C)C)cc2N(C(=O)O)C(C)(C)C)cc1. The van der Waals surface area contributed by atoms with Crippen LogP contribution < -0.4 is 4.90 Å². The van der Waals surface area contributed by atoms with Crippen LogP contribution in [0, 0.1) is 0 Å². The highest BCUT2D eigenvalue weighted by Crippen LogP contribution is 2.32. The van der Waals surface area contributed by atoms with E-state index in [9.17, 15) is 14.7 Å². The average Bonchev–Trinajstić information content (AvgIpc) is 2.97. The number of aromatic nitrogens is 2. The van der Waals surface area contributed by atoms with Crippen LogP contribution in [0.4, 0.5) is 10.6 Å². The van der Waals surface area contributed by atoms with E-state index in [-0.39, 0.29) is 5.41 Å². The molecule has 146 valence electrons. The number of carbonyl (C=O) groups excluding carboxylic acids is 1. The van der Waals surface area contributed by atoms with Crippen molar-refractivity contribution in [3.63, 3.8) is 0 Å². The zero-order valence-electron chi connectivity index (χ0n) is 16.9. The van der Waals surface area contributed by atoms with Crippen LogP contribution in [0.25, 0.3) is 5.69 Å². The maximum absolute atomic E-state index is 12.0. The molecule has 0 bridgehead atoms. The van der Waals surface area contributed by atoms with Gasteiger partial charge in [0.25, 0.3) is 0 Å². The predicted molar refractivity (Wildman–Crippen MR) is 104 cm³/mol. The third-order valence-corrected chi connectivity index (χ3v) is 4.08. The van der Waals surface area contributed by atoms with Gasteiger partial charge in [-0.05, 0) is 45.0 Å². The minimum Gasteiger partial charge on any atom is -0.465 e. The van der Waals surface area contributed by atoms with E-state index in [1.54, 1.807) is 35.0 Å². The van der Waals surface area contributed by atoms with Gasteiger partial charge in [0, 0.05) is 17.0 Å². The number of hydrogen-bond donors (Lipinski definition) is 1. The van der Waals surface area contributed by atoms with Gasteiger partial charge in [0.1, 0.15) is 5.82 Å². The highest BCUT2D eigenvalue weighted by Gasteiger charge is 2.33. The monoisotopic (exact) mass is 373 g/mol. The number of benzene rings is 1. The molecule has 0 aliphatic carbocycles. The van der Waals surface area contributed by atoms with Crippen LogP contribution in [-0.4, -0.2) is 39.6 Å². The lowest BCUT2D eigenvalue weighted by Crippen LogP contribution is -2.46. The van der Waals surface area contributed by atoms with Crippen molar-refractivity contribution in [3.05, 3.63) is 41.6 Å². The van der Waals surface area contributed by atoms with Crippen molar-refractivity contribution in [1.82, 2.24) is 9.78 Å². The van der Waals surface area contributed by atoms with Gasteiger partial charge in [0.15, 0.2) is 0 Å². The number of anilines is 1. The van der Waals surface area contributed by atoms with E-state index < -0.39 is 17.6 Å². The molecule has 1 N–H and O–H groups in total. The number of hydrogen-bond acceptors (Lipinski definition) is 4. The molecule has 0 saturated heterocycles. The molecule has 1 aromatic carbocycles. The number of ether oxygens (including phenoxy) is 1. The molecule has 0 aliphatic rings. The lowest BCUT2D eigenvalue weighted by atomic mass is 9.92. The molecule has 0 spiro atoms. The summed E-state index contributed by atoms with van der Waals surface area (Å²) in [6.07, 6.45) is -1.06. The van der Waals surface area contributed by atoms with Crippen molar-refractivity contribution in [2.24, 2.45) is 0 Å². The van der Waals surface area contributed by atoms with E-state index in [4.69, 9.17) is 4.74 Å². The number of esters is 1. The molecular formula is C20H27N3O4. The molecule has 7 heteroatoms. The molecule has 0 saturated carbocycles. The van der Waals surface area contributed by atoms with E-state index >= 15 is 0 Å². The zero-order valence-corrected chi connectivity index (χ0v) is 16.9. The summed E-state index contributed by atoms with van der Waals surface area (Å²) in [6.45, 7) is 11.5. The molecule has 1 heterocycles. The maximum Gasteiger partial charge on any atom is 0.413 e. The van der Waals surface area contributed by atoms with Gasteiger partial charge in [-0.1, -0.05) is 20.8 Å². The quantitative estimate of drug-likeness (QED) is 0.814. The molecule has 2 rings (SSSR count). The van der Waals surface area contributed by atoms with Gasteiger partial charge in [-0.15, -0.1) is 0 Å². The molecule has 7 nitrogen and oxygen atoms in total. The Bertz CT molecular complexity index is 840. The van der Waals surface area contributed by atoms with E-state index in [1.165, 1.54) is 12.0 Å². The van der Waals surface area contributed by atoms with Gasteiger partial charge in [0.2, 0.25) is 0 Å². The van der Waals surface area contributed by atoms with Crippen LogP contribution in [0.15, 0.2) is 30.3 Å². The fourth-order valence-electron chi connectivity index (χ4n) is 2.67. The average molecular weight is 373 g/mol. The maximum atomic E-state index is 12.0. The number of carboxylic acid groups (broad SMARTS) is 1. The van der Waals surface area contributed by atoms with Gasteiger partial charge in [-0.2, -0.15) is 5.10 Å². The van der Waals surface area contributed by atoms with E-state index in [1.807, 2.05) is 41.5 Å². The number of carbonyl (C=O) groups is 2. The van der Waals surface area contributed by atoms with E-state index in [2.05, 4.69) is 5.10 Å². The Hall–Kier alpha value is -2.83. The summed E-state index contributed by atoms with van der Waals surface area (Å²) < 4.78 is 6.32. The largest absolute Gasteiger partial charge is 0.465 e. The second-order valence-electron chi connectivity index (χ2n) is 8.38. The first-order valence-corrected chi connectivity index (χ1v) is 8.68. The Labute approximate surface area is 159 Å². The van der Waals surface area contributed by atoms with Gasteiger partial charge in [-0.3, -0.25) is 4.90 Å². The van der Waals surface area contributed by atoms with Gasteiger partial charge >= 0.3 is 12.1 Å². The number of rotatable bonds is 3. The van der Waals surface area contributed by atoms with Gasteiger partial charge < -0.3 is 9.84 Å². The first-order chi connectivity index (χ1) is 12.4. The van der Waals surface area contributed by atoms with Gasteiger partial charge in [0.05, 0.1) is 24.1 Å². The molecule has 27 heavy (non-hydrogen) atoms. The van der Waals surface area contributed by atoms with Crippen molar-refractivity contribution in [2.75, 3.05) is 12.0 Å². The van der Waals surface area contributed by atoms with E-state index in [0.29, 0.717) is 17.1 Å². The normalized spacial score (nSPS) is 12.0. The van der Waals surface area contributed by atoms with Crippen LogP contribution in [0.3, 0.4) is 0 Å². The summed E-state index contributed by atoms with van der Waals surface area (Å²) in [5, 5.41) is 14.5. The second kappa shape index (κ2) is 7.06. The number of nitrogens with zero attached hydrogens (tertiary/aromatic N) is 3. The lowest BCUT2D eigenvalue weighted by molar-refractivity contribution is 0.0600. The summed E-state index contributed by atoms with van der Waals surface area (Å²) in [5.74, 6) is 0.0187. The van der Waals surface area contributed by atoms with Crippen molar-refractivity contribution in [1.29, 1.82) is 0 Å². The second-order valence-corrected chi connectivity index (χ2v) is 8.38. The molecule has 0 radical (unpaired) electrons. The molecule has 0 atom stereocenters. The predicted octanol–water partition coefficient (Wildman–Crippen LogP) is 4.24. The Morgan fingerprint density at radius 2 is 1.63 bits per heavy atom. The van der Waals surface area contributed by atoms with Crippen LogP contribution >= 0.6 is 0 Å². The van der Waals surface area contributed by atoms with Crippen molar-refractivity contribution >= 4 is 17.9 Å². The lowest BCUT2D eigenvalue weighted by Gasteiger charge is -2.33. The standard InChI is InChI=1S/C20H27N3O4/c1-19(2,3)15-12-16(22(18(25)26)20(4,5)6)23(21-15)14-10-8-13(9-11-14)17(24)27-7/h8-12H,1-7H3,(H,25,26). The molecular weight excluding hydrogens is 346 g/mol. The van der Waals surface area contributed by atoms with Crippen LogP contribution in [0.1, 0.15) is 57.6 Å². The number of amides is 1. The molecule has 0 unspecified atom stereocenters. The smallest absolute Gasteiger partial charge is 0.413 e. The first-order valence-electron chi connectivity index (χ1n) is 8.68. The summed E-state index contributed by atoms with van der Waals surface area (Å²) in [5.41, 5.74) is 0.921. The summed E-state index contributed by atoms with van der Waals surface area (Å²) >= 11 is 0. The molecule has 0 aliphatic heterocycles. The van der Waals surface area contributed by atoms with Crippen molar-refractivity contribution in [2.45, 2.75) is 52.5 Å². The fourth-order valence-corrected chi connectivity index (χ4v) is 2.67. The fraction of sp³-hybridized carbons (Fsp3) is 0.450. The summed E-state index contributed by atoms with van der Waals surface area (Å²) in [4.78, 5) is 25.0. The molecule has 1 amide bonds. The first kappa shape index (κ1) is 20.5. The Kier molecular flexibility index (Phi) is 5.35. The summed E-state index contributed by atoms with van der Waals surface area (Å²) in [7, 11) is 1.32. The van der Waals surface area contributed by atoms with Crippen LogP contribution in [0.5, 0.6) is 0 Å². The molecule has 2 aromatic rings. The minimum atomic E-state index is -1.06. The van der Waals surface area contributed by atoms with Crippen molar-refractivity contribution in [3.8, 4) is 5.69 Å². The Morgan fingerprint density at radius 1 is 1.07 bits per heavy atom. The summed E-state index contributed by atoms with van der Waals surface area (Å²) in [6, 6.07) is 8.50. The zero-order chi connectivity index (χ0) is 20.6. The van der Waals surface area contributed by atoms with Crippen LogP contribution in [-0.2, 0) is 10.2 Å². The Morgan fingerprint density at radius 3 is 2.04 bits per heavy atom. The van der Waals surface area contributed by atoms with Gasteiger partial charge in [-0.25, -0.2) is 14.3 Å². The van der Waals surface area contributed by atoms with Crippen molar-refractivity contribution < 1.29 is 19.4 Å². The topological polar surface area (TPSA) is 84.7 Å². The highest BCUT2D eigenvalue weighted by molar-refractivity contribution is 5.90. The third-order valence-electron chi connectivity index (χ3n) is 4.08. The number of methoxy groups -OCH3 is 1. The van der Waals surface area contributed by atoms with E-state index in [0.717, 1.165) is 5.69 Å². The molecule has 0 fully saturated rings. The Balaban J connectivity index is 2.66. The highest BCUT2D eigenvalue weighted by atomic mass is 16.5. The van der Waals surface area contributed by atoms with Crippen LogP contribution in [0.2, 0.25) is 0 Å². The minimum absolute atomic E-state index is 0.256.